The molecule has 2 aromatic carbocycles. The SMILES string of the molecule is CCC(=O)N[C@H]1C[C@@H](n2cnc3c(NCC(c4ccccc4)c4ccccc4)nc(N4CC[C@@H](NC(=O)OC(C)(C)C)C4)nc32)[C@H](O)[C@@H]1OC(=O)C(F)(F)F. The Morgan fingerprint density at radius 3 is 2.24 bits per heavy atom. The number of hydrogen-bond acceptors (Lipinski definition) is 11. The first-order valence-corrected chi connectivity index (χ1v) is 18.2. The standard InChI is InChI=1S/C38H45F3N8O6/c1-5-28(50)45-26-18-27(30(51)31(26)54-34(52)38(39,40)41)49-21-43-29-32(42-19-25(22-12-8-6-9-13-22)23-14-10-7-11-15-23)46-35(47-33(29)49)48-17-16-24(20-48)44-36(53)55-37(2,3)4/h6-15,21,24-27,30-31,51H,5,16-20H2,1-4H3,(H,44,53)(H,45,50)(H,42,46,47)/t24-,26+,27-,30+,31-/m1/s1. The number of aliphatic hydroxyl groups excluding tert-OH is 1. The molecule has 294 valence electrons. The van der Waals surface area contributed by atoms with Crippen LogP contribution in [0, 0.1) is 0 Å². The van der Waals surface area contributed by atoms with Gasteiger partial charge in [0.25, 0.3) is 0 Å². The molecule has 1 saturated heterocycles. The van der Waals surface area contributed by atoms with Gasteiger partial charge in [0.15, 0.2) is 23.1 Å². The number of fused-ring (bicyclic) bond motifs is 1. The fourth-order valence-corrected chi connectivity index (χ4v) is 7.00. The number of carbonyl (C=O) groups is 3. The minimum atomic E-state index is -5.31. The quantitative estimate of drug-likeness (QED) is 0.154. The highest BCUT2D eigenvalue weighted by Gasteiger charge is 2.51. The number of halogens is 3. The van der Waals surface area contributed by atoms with Crippen LogP contribution in [0.4, 0.5) is 29.7 Å². The van der Waals surface area contributed by atoms with Crippen molar-refractivity contribution in [1.29, 1.82) is 0 Å². The molecule has 2 aliphatic rings. The number of esters is 1. The van der Waals surface area contributed by atoms with Crippen molar-refractivity contribution in [2.75, 3.05) is 29.9 Å². The highest BCUT2D eigenvalue weighted by Crippen LogP contribution is 2.38. The third kappa shape index (κ3) is 9.27. The monoisotopic (exact) mass is 766 g/mol. The third-order valence-electron chi connectivity index (χ3n) is 9.60. The van der Waals surface area contributed by atoms with Crippen molar-refractivity contribution in [2.24, 2.45) is 0 Å². The molecule has 0 bridgehead atoms. The van der Waals surface area contributed by atoms with Gasteiger partial charge in [-0.15, -0.1) is 0 Å². The maximum Gasteiger partial charge on any atom is 0.490 e. The predicted octanol–water partition coefficient (Wildman–Crippen LogP) is 4.85. The summed E-state index contributed by atoms with van der Waals surface area (Å²) in [5.41, 5.74) is 2.01. The van der Waals surface area contributed by atoms with Crippen LogP contribution in [-0.4, -0.2) is 98.3 Å². The molecule has 2 amide bonds. The largest absolute Gasteiger partial charge is 0.490 e. The maximum absolute atomic E-state index is 13.3. The normalized spacial score (nSPS) is 21.5. The zero-order valence-electron chi connectivity index (χ0n) is 30.9. The summed E-state index contributed by atoms with van der Waals surface area (Å²) < 4.78 is 51.6. The summed E-state index contributed by atoms with van der Waals surface area (Å²) in [5, 5.41) is 20.4. The molecule has 1 aliphatic heterocycles. The number of alkyl carbamates (subject to hydrolysis) is 1. The van der Waals surface area contributed by atoms with Crippen LogP contribution in [0.5, 0.6) is 0 Å². The number of nitrogens with zero attached hydrogens (tertiary/aromatic N) is 5. The molecule has 14 nitrogen and oxygen atoms in total. The number of hydrogen-bond donors (Lipinski definition) is 4. The average Bonchev–Trinajstić information content (AvgIpc) is 3.86. The lowest BCUT2D eigenvalue weighted by molar-refractivity contribution is -0.209. The summed E-state index contributed by atoms with van der Waals surface area (Å²) in [7, 11) is 0. The lowest BCUT2D eigenvalue weighted by Gasteiger charge is -2.24. The van der Waals surface area contributed by atoms with Gasteiger partial charge in [0.1, 0.15) is 11.7 Å². The maximum atomic E-state index is 13.3. The molecular weight excluding hydrogens is 721 g/mol. The van der Waals surface area contributed by atoms with E-state index < -0.39 is 54.0 Å². The number of benzene rings is 2. The lowest BCUT2D eigenvalue weighted by Crippen LogP contribution is -2.47. The molecule has 2 fully saturated rings. The fourth-order valence-electron chi connectivity index (χ4n) is 7.00. The number of nitrogens with one attached hydrogen (secondary N) is 3. The van der Waals surface area contributed by atoms with E-state index in [0.29, 0.717) is 37.4 Å². The number of imidazole rings is 1. The van der Waals surface area contributed by atoms with E-state index in [1.54, 1.807) is 27.7 Å². The molecule has 1 aliphatic carbocycles. The number of ether oxygens (including phenoxy) is 2. The molecule has 3 heterocycles. The van der Waals surface area contributed by atoms with Crippen LogP contribution in [0.15, 0.2) is 67.0 Å². The van der Waals surface area contributed by atoms with E-state index in [9.17, 15) is 32.7 Å². The summed E-state index contributed by atoms with van der Waals surface area (Å²) in [6.45, 7) is 8.11. The molecule has 4 aromatic rings. The Morgan fingerprint density at radius 1 is 0.982 bits per heavy atom. The molecule has 2 aromatic heterocycles. The third-order valence-corrected chi connectivity index (χ3v) is 9.60. The van der Waals surface area contributed by atoms with Gasteiger partial charge >= 0.3 is 18.2 Å². The van der Waals surface area contributed by atoms with Crippen molar-refractivity contribution in [1.82, 2.24) is 30.2 Å². The lowest BCUT2D eigenvalue weighted by atomic mass is 9.91. The molecule has 0 spiro atoms. The van der Waals surface area contributed by atoms with Crippen molar-refractivity contribution in [2.45, 2.75) is 95.0 Å². The van der Waals surface area contributed by atoms with Crippen molar-refractivity contribution in [3.63, 3.8) is 0 Å². The second-order valence-electron chi connectivity index (χ2n) is 14.7. The van der Waals surface area contributed by atoms with Gasteiger partial charge in [-0.1, -0.05) is 67.6 Å². The number of anilines is 2. The van der Waals surface area contributed by atoms with E-state index in [1.165, 1.54) is 10.9 Å². The highest BCUT2D eigenvalue weighted by atomic mass is 19.4. The molecule has 1 saturated carbocycles. The first-order chi connectivity index (χ1) is 26.1. The predicted molar refractivity (Wildman–Crippen MR) is 196 cm³/mol. The van der Waals surface area contributed by atoms with E-state index in [4.69, 9.17) is 19.4 Å². The van der Waals surface area contributed by atoms with Crippen LogP contribution < -0.4 is 20.9 Å². The molecule has 0 unspecified atom stereocenters. The number of aromatic nitrogens is 4. The van der Waals surface area contributed by atoms with Crippen LogP contribution in [0.2, 0.25) is 0 Å². The molecule has 4 N–H and O–H groups in total. The zero-order chi connectivity index (χ0) is 39.5. The van der Waals surface area contributed by atoms with Gasteiger partial charge < -0.3 is 40.0 Å². The summed E-state index contributed by atoms with van der Waals surface area (Å²) in [6, 6.07) is 17.5. The first-order valence-electron chi connectivity index (χ1n) is 18.2. The summed E-state index contributed by atoms with van der Waals surface area (Å²) in [5.74, 6) is -2.43. The van der Waals surface area contributed by atoms with E-state index >= 15 is 0 Å². The van der Waals surface area contributed by atoms with E-state index in [2.05, 4.69) is 20.9 Å². The Kier molecular flexibility index (Phi) is 11.5. The van der Waals surface area contributed by atoms with E-state index in [-0.39, 0.29) is 36.4 Å². The molecule has 17 heteroatoms. The summed E-state index contributed by atoms with van der Waals surface area (Å²) >= 11 is 0. The van der Waals surface area contributed by atoms with E-state index in [1.807, 2.05) is 65.6 Å². The fraction of sp³-hybridized carbons (Fsp3) is 0.474. The zero-order valence-corrected chi connectivity index (χ0v) is 30.9. The molecule has 55 heavy (non-hydrogen) atoms. The Morgan fingerprint density at radius 2 is 1.64 bits per heavy atom. The number of carbonyl (C=O) groups excluding carboxylic acids is 3. The van der Waals surface area contributed by atoms with Gasteiger partial charge in [-0.25, -0.2) is 14.6 Å². The number of aliphatic hydroxyl groups is 1. The highest BCUT2D eigenvalue weighted by molar-refractivity contribution is 5.85. The van der Waals surface area contributed by atoms with Crippen molar-refractivity contribution in [3.8, 4) is 0 Å². The molecular formula is C38H45F3N8O6. The number of alkyl halides is 3. The molecule has 5 atom stereocenters. The van der Waals surface area contributed by atoms with Crippen LogP contribution in [-0.2, 0) is 19.1 Å². The van der Waals surface area contributed by atoms with E-state index in [0.717, 1.165) is 11.1 Å². The van der Waals surface area contributed by atoms with Crippen molar-refractivity contribution in [3.05, 3.63) is 78.1 Å². The smallest absolute Gasteiger partial charge is 0.451 e. The van der Waals surface area contributed by atoms with Crippen molar-refractivity contribution < 1.29 is 42.1 Å². The van der Waals surface area contributed by atoms with Gasteiger partial charge in [0.05, 0.1) is 24.5 Å². The van der Waals surface area contributed by atoms with Crippen LogP contribution in [0.1, 0.15) is 70.0 Å². The summed E-state index contributed by atoms with van der Waals surface area (Å²) in [4.78, 5) is 53.1. The van der Waals surface area contributed by atoms with Gasteiger partial charge in [0.2, 0.25) is 11.9 Å². The van der Waals surface area contributed by atoms with Crippen LogP contribution in [0.3, 0.4) is 0 Å². The molecule has 6 rings (SSSR count). The van der Waals surface area contributed by atoms with Gasteiger partial charge in [0, 0.05) is 32.0 Å². The average molecular weight is 767 g/mol. The topological polar surface area (TPSA) is 173 Å². The Hall–Kier alpha value is -5.45. The second kappa shape index (κ2) is 16.1. The van der Waals surface area contributed by atoms with Gasteiger partial charge in [-0.3, -0.25) is 4.79 Å². The summed E-state index contributed by atoms with van der Waals surface area (Å²) in [6.07, 6.45) is -7.35. The Labute approximate surface area is 315 Å². The Bertz CT molecular complexity index is 1930. The minimum absolute atomic E-state index is 0.0173. The second-order valence-corrected chi connectivity index (χ2v) is 14.7. The van der Waals surface area contributed by atoms with Crippen molar-refractivity contribution >= 4 is 40.9 Å². The van der Waals surface area contributed by atoms with Gasteiger partial charge in [-0.2, -0.15) is 23.1 Å². The van der Waals surface area contributed by atoms with Crippen LogP contribution >= 0.6 is 0 Å². The van der Waals surface area contributed by atoms with Gasteiger partial charge in [-0.05, 0) is 44.7 Å². The first kappa shape index (κ1) is 39.2. The Balaban J connectivity index is 1.36. The number of rotatable bonds is 11. The molecule has 0 radical (unpaired) electrons. The minimum Gasteiger partial charge on any atom is -0.451 e. The van der Waals surface area contributed by atoms with Crippen LogP contribution in [0.25, 0.3) is 11.2 Å². The number of amides is 2.